The van der Waals surface area contributed by atoms with Crippen LogP contribution in [0.1, 0.15) is 25.8 Å². The second-order valence-electron chi connectivity index (χ2n) is 6.97. The number of carbonyl (C=O) groups is 1. The van der Waals surface area contributed by atoms with Crippen LogP contribution in [0.2, 0.25) is 0 Å². The van der Waals surface area contributed by atoms with Gasteiger partial charge in [-0.2, -0.15) is 0 Å². The molecule has 0 radical (unpaired) electrons. The van der Waals surface area contributed by atoms with E-state index in [1.54, 1.807) is 13.2 Å². The lowest BCUT2D eigenvalue weighted by molar-refractivity contribution is -0.114. The van der Waals surface area contributed by atoms with Crippen LogP contribution in [0.3, 0.4) is 0 Å². The van der Waals surface area contributed by atoms with E-state index in [2.05, 4.69) is 20.9 Å². The Morgan fingerprint density at radius 3 is 2.45 bits per heavy atom. The number of nitrogens with zero attached hydrogens (tertiary/aromatic N) is 1. The van der Waals surface area contributed by atoms with Crippen LogP contribution in [0.15, 0.2) is 53.5 Å². The topological polar surface area (TPSA) is 93.2 Å². The number of rotatable bonds is 13. The molecule has 0 bridgehead atoms. The van der Waals surface area contributed by atoms with Gasteiger partial charge in [-0.3, -0.25) is 4.79 Å². The Kier molecular flexibility index (Phi) is 14.7. The van der Waals surface area contributed by atoms with Crippen molar-refractivity contribution in [3.63, 3.8) is 0 Å². The third kappa shape index (κ3) is 12.3. The van der Waals surface area contributed by atoms with E-state index >= 15 is 0 Å². The quantitative estimate of drug-likeness (QED) is 0.147. The average molecular weight is 570 g/mol. The third-order valence-electron chi connectivity index (χ3n) is 4.36. The van der Waals surface area contributed by atoms with Crippen molar-refractivity contribution in [2.75, 3.05) is 45.3 Å². The molecule has 0 spiro atoms. The van der Waals surface area contributed by atoms with Gasteiger partial charge in [-0.25, -0.2) is 4.99 Å². The number of methoxy groups -OCH3 is 1. The predicted octanol–water partition coefficient (Wildman–Crippen LogP) is 3.81. The zero-order valence-electron chi connectivity index (χ0n) is 19.6. The predicted molar refractivity (Wildman–Crippen MR) is 143 cm³/mol. The maximum absolute atomic E-state index is 11.2. The van der Waals surface area contributed by atoms with Crippen LogP contribution in [-0.2, 0) is 16.1 Å². The van der Waals surface area contributed by atoms with Crippen molar-refractivity contribution in [2.45, 2.75) is 26.8 Å². The summed E-state index contributed by atoms with van der Waals surface area (Å²) < 4.78 is 16.4. The van der Waals surface area contributed by atoms with Gasteiger partial charge in [-0.05, 0) is 43.2 Å². The molecule has 2 aromatic rings. The first-order valence-electron chi connectivity index (χ1n) is 10.8. The van der Waals surface area contributed by atoms with Gasteiger partial charge in [-0.1, -0.05) is 18.2 Å². The van der Waals surface area contributed by atoms with E-state index in [1.807, 2.05) is 49.4 Å². The fourth-order valence-corrected chi connectivity index (χ4v) is 2.81. The normalized spacial score (nSPS) is 10.7. The molecule has 0 saturated heterocycles. The molecule has 2 aromatic carbocycles. The smallest absolute Gasteiger partial charge is 0.221 e. The molecule has 8 nitrogen and oxygen atoms in total. The highest BCUT2D eigenvalue weighted by Gasteiger charge is 2.02. The lowest BCUT2D eigenvalue weighted by Crippen LogP contribution is -2.40. The highest BCUT2D eigenvalue weighted by molar-refractivity contribution is 14.0. The minimum Gasteiger partial charge on any atom is -0.497 e. The fourth-order valence-electron chi connectivity index (χ4n) is 2.81. The van der Waals surface area contributed by atoms with E-state index in [0.717, 1.165) is 30.9 Å². The molecule has 3 N–H and O–H groups in total. The number of benzene rings is 2. The van der Waals surface area contributed by atoms with Gasteiger partial charge in [-0.15, -0.1) is 24.0 Å². The van der Waals surface area contributed by atoms with Crippen LogP contribution in [0.4, 0.5) is 5.69 Å². The molecule has 0 aliphatic rings. The number of hydrogen-bond acceptors (Lipinski definition) is 5. The molecule has 182 valence electrons. The number of nitrogens with one attached hydrogen (secondary N) is 3. The first-order valence-corrected chi connectivity index (χ1v) is 10.8. The molecule has 0 saturated carbocycles. The van der Waals surface area contributed by atoms with Crippen LogP contribution >= 0.6 is 24.0 Å². The lowest BCUT2D eigenvalue weighted by Gasteiger charge is -2.14. The summed E-state index contributed by atoms with van der Waals surface area (Å²) in [4.78, 5) is 15.9. The zero-order chi connectivity index (χ0) is 23.0. The van der Waals surface area contributed by atoms with E-state index in [1.165, 1.54) is 6.92 Å². The Labute approximate surface area is 213 Å². The number of ether oxygens (including phenoxy) is 3. The van der Waals surface area contributed by atoms with Gasteiger partial charge in [0.15, 0.2) is 5.96 Å². The molecule has 1 amide bonds. The number of halogens is 1. The molecule has 9 heteroatoms. The SMILES string of the molecule is CCOCCCNC(=NCc1ccc(OC)cc1)NCCOc1cccc(NC(C)=O)c1.I. The third-order valence-corrected chi connectivity index (χ3v) is 4.36. The summed E-state index contributed by atoms with van der Waals surface area (Å²) >= 11 is 0. The van der Waals surface area contributed by atoms with Crippen LogP contribution in [-0.4, -0.2) is 51.9 Å². The van der Waals surface area contributed by atoms with E-state index in [-0.39, 0.29) is 29.9 Å². The summed E-state index contributed by atoms with van der Waals surface area (Å²) in [5, 5.41) is 9.38. The van der Waals surface area contributed by atoms with Crippen molar-refractivity contribution in [1.29, 1.82) is 0 Å². The Morgan fingerprint density at radius 1 is 1.00 bits per heavy atom. The Hall–Kier alpha value is -2.53. The molecule has 0 aliphatic carbocycles. The fraction of sp³-hybridized carbons (Fsp3) is 0.417. The number of anilines is 1. The van der Waals surface area contributed by atoms with Gasteiger partial charge in [0.2, 0.25) is 5.91 Å². The Morgan fingerprint density at radius 2 is 1.76 bits per heavy atom. The van der Waals surface area contributed by atoms with Crippen molar-refractivity contribution in [2.24, 2.45) is 4.99 Å². The monoisotopic (exact) mass is 570 g/mol. The summed E-state index contributed by atoms with van der Waals surface area (Å²) in [5.41, 5.74) is 1.80. The van der Waals surface area contributed by atoms with Crippen molar-refractivity contribution in [1.82, 2.24) is 10.6 Å². The average Bonchev–Trinajstić information content (AvgIpc) is 2.79. The number of amides is 1. The summed E-state index contributed by atoms with van der Waals surface area (Å²) in [5.74, 6) is 2.12. The molecular weight excluding hydrogens is 535 g/mol. The minimum atomic E-state index is -0.114. The highest BCUT2D eigenvalue weighted by Crippen LogP contribution is 2.17. The number of hydrogen-bond donors (Lipinski definition) is 3. The standard InChI is InChI=1S/C24H34N4O4.HI/c1-4-31-15-6-13-25-24(27-18-20-9-11-22(30-3)12-10-20)26-14-16-32-23-8-5-7-21(17-23)28-19(2)29;/h5,7-12,17H,4,6,13-16,18H2,1-3H3,(H,28,29)(H2,25,26,27);1H. The first-order chi connectivity index (χ1) is 15.6. The largest absolute Gasteiger partial charge is 0.497 e. The molecule has 0 heterocycles. The second kappa shape index (κ2) is 17.0. The van der Waals surface area contributed by atoms with Gasteiger partial charge in [0, 0.05) is 38.4 Å². The van der Waals surface area contributed by atoms with Gasteiger partial charge in [0.05, 0.1) is 20.2 Å². The van der Waals surface area contributed by atoms with Crippen molar-refractivity contribution >= 4 is 41.5 Å². The highest BCUT2D eigenvalue weighted by atomic mass is 127. The van der Waals surface area contributed by atoms with E-state index in [0.29, 0.717) is 43.7 Å². The maximum Gasteiger partial charge on any atom is 0.221 e. The lowest BCUT2D eigenvalue weighted by atomic mass is 10.2. The molecule has 2 rings (SSSR count). The summed E-state index contributed by atoms with van der Waals surface area (Å²) in [6, 6.07) is 15.2. The first kappa shape index (κ1) is 28.5. The molecule has 0 aromatic heterocycles. The summed E-state index contributed by atoms with van der Waals surface area (Å²) in [6.07, 6.45) is 0.892. The Bertz CT molecular complexity index is 847. The summed E-state index contributed by atoms with van der Waals surface area (Å²) in [7, 11) is 1.65. The van der Waals surface area contributed by atoms with Crippen molar-refractivity contribution in [3.8, 4) is 11.5 Å². The molecule has 0 fully saturated rings. The molecule has 0 unspecified atom stereocenters. The van der Waals surface area contributed by atoms with Crippen LogP contribution in [0.5, 0.6) is 11.5 Å². The molecule has 0 atom stereocenters. The number of aliphatic imine (C=N–C) groups is 1. The zero-order valence-corrected chi connectivity index (χ0v) is 21.9. The van der Waals surface area contributed by atoms with Crippen LogP contribution in [0, 0.1) is 0 Å². The van der Waals surface area contributed by atoms with Crippen LogP contribution in [0.25, 0.3) is 0 Å². The summed E-state index contributed by atoms with van der Waals surface area (Å²) in [6.45, 7) is 7.23. The Balaban J connectivity index is 0.00000544. The molecular formula is C24H35IN4O4. The van der Waals surface area contributed by atoms with Crippen LogP contribution < -0.4 is 25.4 Å². The maximum atomic E-state index is 11.2. The second-order valence-corrected chi connectivity index (χ2v) is 6.97. The molecule has 0 aliphatic heterocycles. The number of guanidine groups is 1. The molecule has 33 heavy (non-hydrogen) atoms. The van der Waals surface area contributed by atoms with Gasteiger partial charge >= 0.3 is 0 Å². The van der Waals surface area contributed by atoms with Gasteiger partial charge in [0.25, 0.3) is 0 Å². The van der Waals surface area contributed by atoms with Gasteiger partial charge < -0.3 is 30.2 Å². The van der Waals surface area contributed by atoms with E-state index in [9.17, 15) is 4.79 Å². The van der Waals surface area contributed by atoms with E-state index < -0.39 is 0 Å². The van der Waals surface area contributed by atoms with Gasteiger partial charge in [0.1, 0.15) is 18.1 Å². The van der Waals surface area contributed by atoms with Crippen molar-refractivity contribution < 1.29 is 19.0 Å². The number of carbonyl (C=O) groups excluding carboxylic acids is 1. The minimum absolute atomic E-state index is 0. The van der Waals surface area contributed by atoms with E-state index in [4.69, 9.17) is 14.2 Å². The van der Waals surface area contributed by atoms with Crippen molar-refractivity contribution in [3.05, 3.63) is 54.1 Å².